The van der Waals surface area contributed by atoms with Crippen LogP contribution in [0.25, 0.3) is 77.2 Å². The van der Waals surface area contributed by atoms with E-state index in [1.165, 1.54) is 32.7 Å². The first kappa shape index (κ1) is 31.6. The van der Waals surface area contributed by atoms with Crippen molar-refractivity contribution in [2.45, 2.75) is 0 Å². The quantitative estimate of drug-likeness (QED) is 0.166. The SMILES string of the molecule is c1ccc(-c2c(-c3cccc(-c4ccc(N(c5ccc(-c6ccc7ccccc7c6)cc5)c5ccc6ccccc6c5)cc4)c3)oc3ccccc23)cc1. The topological polar surface area (TPSA) is 16.4 Å². The number of benzene rings is 9. The Balaban J connectivity index is 1.02. The Bertz CT molecular complexity index is 2920. The molecule has 54 heavy (non-hydrogen) atoms. The van der Waals surface area contributed by atoms with Gasteiger partial charge in [0.15, 0.2) is 0 Å². The molecule has 0 unspecified atom stereocenters. The van der Waals surface area contributed by atoms with Crippen molar-refractivity contribution in [1.82, 2.24) is 0 Å². The highest BCUT2D eigenvalue weighted by molar-refractivity contribution is 6.02. The normalized spacial score (nSPS) is 11.3. The molecule has 10 rings (SSSR count). The molecule has 0 radical (unpaired) electrons. The summed E-state index contributed by atoms with van der Waals surface area (Å²) in [5.41, 5.74) is 12.2. The number of furan rings is 1. The minimum atomic E-state index is 0.885. The van der Waals surface area contributed by atoms with Crippen molar-refractivity contribution < 1.29 is 4.42 Å². The van der Waals surface area contributed by atoms with Gasteiger partial charge in [-0.1, -0.05) is 158 Å². The van der Waals surface area contributed by atoms with Crippen LogP contribution in [0.2, 0.25) is 0 Å². The number of hydrogen-bond acceptors (Lipinski definition) is 2. The van der Waals surface area contributed by atoms with Crippen LogP contribution in [-0.4, -0.2) is 0 Å². The van der Waals surface area contributed by atoms with E-state index in [4.69, 9.17) is 4.42 Å². The minimum Gasteiger partial charge on any atom is -0.455 e. The lowest BCUT2D eigenvalue weighted by Gasteiger charge is -2.26. The van der Waals surface area contributed by atoms with Crippen molar-refractivity contribution in [2.24, 2.45) is 0 Å². The van der Waals surface area contributed by atoms with Gasteiger partial charge < -0.3 is 9.32 Å². The Labute approximate surface area is 314 Å². The maximum atomic E-state index is 6.56. The second-order valence-electron chi connectivity index (χ2n) is 13.8. The summed E-state index contributed by atoms with van der Waals surface area (Å²) in [5, 5.41) is 6.05. The van der Waals surface area contributed by atoms with Crippen LogP contribution in [-0.2, 0) is 0 Å². The first-order valence-electron chi connectivity index (χ1n) is 18.4. The second-order valence-corrected chi connectivity index (χ2v) is 13.8. The Morgan fingerprint density at radius 1 is 0.296 bits per heavy atom. The predicted molar refractivity (Wildman–Crippen MR) is 228 cm³/mol. The van der Waals surface area contributed by atoms with E-state index in [9.17, 15) is 0 Å². The molecule has 9 aromatic carbocycles. The standard InChI is InChI=1S/C52H35NO/c1-2-13-40(14-3-1)51-49-19-8-9-20-50(49)54-52(51)45-18-10-17-42(34-45)38-23-28-46(29-24-38)53(48-32-27-37-12-5-7-16-43(37)35-48)47-30-25-39(26-31-47)44-22-21-36-11-4-6-15-41(36)33-44/h1-35H. The molecular formula is C52H35NO. The molecule has 0 N–H and O–H groups in total. The lowest BCUT2D eigenvalue weighted by Crippen LogP contribution is -2.09. The van der Waals surface area contributed by atoms with Gasteiger partial charge in [-0.25, -0.2) is 0 Å². The van der Waals surface area contributed by atoms with E-state index in [-0.39, 0.29) is 0 Å². The molecule has 254 valence electrons. The molecule has 2 heteroatoms. The molecular weight excluding hydrogens is 655 g/mol. The summed E-state index contributed by atoms with van der Waals surface area (Å²) in [6.07, 6.45) is 0. The zero-order valence-electron chi connectivity index (χ0n) is 29.6. The van der Waals surface area contributed by atoms with Gasteiger partial charge in [-0.15, -0.1) is 0 Å². The molecule has 0 spiro atoms. The molecule has 2 nitrogen and oxygen atoms in total. The van der Waals surface area contributed by atoms with Crippen molar-refractivity contribution in [1.29, 1.82) is 0 Å². The molecule has 1 aromatic heterocycles. The molecule has 0 aliphatic heterocycles. The second kappa shape index (κ2) is 13.4. The third kappa shape index (κ3) is 5.81. The van der Waals surface area contributed by atoms with Crippen molar-refractivity contribution in [3.8, 4) is 44.7 Å². The van der Waals surface area contributed by atoms with Crippen LogP contribution in [0.1, 0.15) is 0 Å². The summed E-state index contributed by atoms with van der Waals surface area (Å²) in [5.74, 6) is 0.885. The molecule has 0 aliphatic carbocycles. The van der Waals surface area contributed by atoms with Crippen molar-refractivity contribution in [3.05, 3.63) is 212 Å². The fourth-order valence-corrected chi connectivity index (χ4v) is 7.72. The molecule has 0 fully saturated rings. The third-order valence-electron chi connectivity index (χ3n) is 10.4. The summed E-state index contributed by atoms with van der Waals surface area (Å²) >= 11 is 0. The predicted octanol–water partition coefficient (Wildman–Crippen LogP) is 14.9. The van der Waals surface area contributed by atoms with Gasteiger partial charge in [0, 0.05) is 33.6 Å². The lowest BCUT2D eigenvalue weighted by atomic mass is 9.96. The van der Waals surface area contributed by atoms with Gasteiger partial charge in [-0.2, -0.15) is 0 Å². The van der Waals surface area contributed by atoms with Gasteiger partial charge in [0.05, 0.1) is 0 Å². The molecule has 0 saturated carbocycles. The number of hydrogen-bond donors (Lipinski definition) is 0. The zero-order chi connectivity index (χ0) is 35.8. The van der Waals surface area contributed by atoms with Crippen molar-refractivity contribution in [2.75, 3.05) is 4.90 Å². The van der Waals surface area contributed by atoms with Crippen LogP contribution in [0.5, 0.6) is 0 Å². The van der Waals surface area contributed by atoms with E-state index in [0.717, 1.165) is 61.6 Å². The largest absolute Gasteiger partial charge is 0.455 e. The Hall–Kier alpha value is -7.16. The Morgan fingerprint density at radius 3 is 1.50 bits per heavy atom. The molecule has 10 aromatic rings. The average molecular weight is 690 g/mol. The van der Waals surface area contributed by atoms with Gasteiger partial charge in [0.1, 0.15) is 11.3 Å². The highest BCUT2D eigenvalue weighted by Crippen LogP contribution is 2.42. The molecule has 0 bridgehead atoms. The molecule has 0 amide bonds. The molecule has 0 aliphatic rings. The van der Waals surface area contributed by atoms with Crippen LogP contribution in [0.3, 0.4) is 0 Å². The molecule has 0 atom stereocenters. The van der Waals surface area contributed by atoms with Crippen molar-refractivity contribution in [3.63, 3.8) is 0 Å². The van der Waals surface area contributed by atoms with Gasteiger partial charge >= 0.3 is 0 Å². The summed E-state index contributed by atoms with van der Waals surface area (Å²) in [6, 6.07) is 75.8. The van der Waals surface area contributed by atoms with Crippen LogP contribution in [0.15, 0.2) is 217 Å². The number of anilines is 3. The summed E-state index contributed by atoms with van der Waals surface area (Å²) < 4.78 is 6.56. The van der Waals surface area contributed by atoms with Crippen LogP contribution >= 0.6 is 0 Å². The van der Waals surface area contributed by atoms with E-state index in [0.29, 0.717) is 0 Å². The van der Waals surface area contributed by atoms with Crippen LogP contribution in [0, 0.1) is 0 Å². The average Bonchev–Trinajstić information content (AvgIpc) is 3.64. The van der Waals surface area contributed by atoms with Gasteiger partial charge in [-0.3, -0.25) is 0 Å². The van der Waals surface area contributed by atoms with Gasteiger partial charge in [0.2, 0.25) is 0 Å². The van der Waals surface area contributed by atoms with Crippen LogP contribution in [0.4, 0.5) is 17.1 Å². The van der Waals surface area contributed by atoms with Gasteiger partial charge in [-0.05, 0) is 104 Å². The fourth-order valence-electron chi connectivity index (χ4n) is 7.72. The van der Waals surface area contributed by atoms with Crippen LogP contribution < -0.4 is 4.90 Å². The monoisotopic (exact) mass is 689 g/mol. The zero-order valence-corrected chi connectivity index (χ0v) is 29.6. The minimum absolute atomic E-state index is 0.885. The smallest absolute Gasteiger partial charge is 0.143 e. The summed E-state index contributed by atoms with van der Waals surface area (Å²) in [7, 11) is 0. The summed E-state index contributed by atoms with van der Waals surface area (Å²) in [6.45, 7) is 0. The number of fused-ring (bicyclic) bond motifs is 3. The van der Waals surface area contributed by atoms with E-state index >= 15 is 0 Å². The number of rotatable bonds is 7. The lowest BCUT2D eigenvalue weighted by molar-refractivity contribution is 0.632. The summed E-state index contributed by atoms with van der Waals surface area (Å²) in [4.78, 5) is 2.34. The maximum Gasteiger partial charge on any atom is 0.143 e. The molecule has 0 saturated heterocycles. The first-order chi connectivity index (χ1) is 26.7. The highest BCUT2D eigenvalue weighted by Gasteiger charge is 2.19. The molecule has 1 heterocycles. The number of para-hydroxylation sites is 1. The third-order valence-corrected chi connectivity index (χ3v) is 10.4. The fraction of sp³-hybridized carbons (Fsp3) is 0. The Morgan fingerprint density at radius 2 is 0.796 bits per heavy atom. The van der Waals surface area contributed by atoms with E-state index in [1.54, 1.807) is 0 Å². The van der Waals surface area contributed by atoms with Gasteiger partial charge in [0.25, 0.3) is 0 Å². The highest BCUT2D eigenvalue weighted by atomic mass is 16.3. The van der Waals surface area contributed by atoms with E-state index in [2.05, 4.69) is 205 Å². The Kier molecular flexibility index (Phi) is 7.85. The first-order valence-corrected chi connectivity index (χ1v) is 18.4. The van der Waals surface area contributed by atoms with E-state index < -0.39 is 0 Å². The van der Waals surface area contributed by atoms with E-state index in [1.807, 2.05) is 12.1 Å². The number of nitrogens with zero attached hydrogens (tertiary/aromatic N) is 1. The maximum absolute atomic E-state index is 6.56. The van der Waals surface area contributed by atoms with Crippen molar-refractivity contribution >= 4 is 49.6 Å².